The molecule has 0 N–H and O–H groups in total. The zero-order chi connectivity index (χ0) is 6.69. The van der Waals surface area contributed by atoms with E-state index >= 15 is 0 Å². The van der Waals surface area contributed by atoms with E-state index in [-0.39, 0.29) is 0 Å². The summed E-state index contributed by atoms with van der Waals surface area (Å²) in [5.74, 6) is 0. The molecule has 0 aromatic carbocycles. The Morgan fingerprint density at radius 2 is 2.22 bits per heavy atom. The Hall–Kier alpha value is 0.129. The third kappa shape index (κ3) is 1.77. The van der Waals surface area contributed by atoms with Crippen LogP contribution in [0.4, 0.5) is 0 Å². The molecule has 0 saturated heterocycles. The van der Waals surface area contributed by atoms with Crippen LogP contribution in [0.15, 0.2) is 4.94 Å². The van der Waals surface area contributed by atoms with Gasteiger partial charge in [-0.05, 0) is 0 Å². The van der Waals surface area contributed by atoms with Crippen LogP contribution in [-0.2, 0) is 0 Å². The van der Waals surface area contributed by atoms with Gasteiger partial charge in [0, 0.05) is 0 Å². The summed E-state index contributed by atoms with van der Waals surface area (Å²) < 4.78 is 1.53. The van der Waals surface area contributed by atoms with Crippen LogP contribution in [-0.4, -0.2) is 29.1 Å². The summed E-state index contributed by atoms with van der Waals surface area (Å²) in [4.78, 5) is 2.34. The van der Waals surface area contributed by atoms with E-state index in [1.165, 1.54) is 17.1 Å². The van der Waals surface area contributed by atoms with Gasteiger partial charge in [-0.2, -0.15) is 0 Å². The molecule has 0 aliphatic rings. The van der Waals surface area contributed by atoms with Gasteiger partial charge >= 0.3 is 63.5 Å². The Morgan fingerprint density at radius 1 is 1.44 bits per heavy atom. The van der Waals surface area contributed by atoms with E-state index < -0.39 is 0 Å². The van der Waals surface area contributed by atoms with Crippen LogP contribution < -0.4 is 9.80 Å². The standard InChI is InChI=1S/C6H9B2Se/c1-7-5-3-6(8-2)9-4-5/h4,7-8H,1-2H3. The van der Waals surface area contributed by atoms with Crippen molar-refractivity contribution in [2.24, 2.45) is 0 Å². The van der Waals surface area contributed by atoms with Crippen molar-refractivity contribution >= 4 is 38.9 Å². The molecule has 0 spiro atoms. The van der Waals surface area contributed by atoms with Gasteiger partial charge in [-0.1, -0.05) is 0 Å². The van der Waals surface area contributed by atoms with Gasteiger partial charge in [0.2, 0.25) is 0 Å². The minimum absolute atomic E-state index is 0.653. The number of hydrogen-bond donors (Lipinski definition) is 0. The molecule has 1 heterocycles. The fourth-order valence-corrected chi connectivity index (χ4v) is 2.54. The van der Waals surface area contributed by atoms with Crippen molar-refractivity contribution in [2.75, 3.05) is 0 Å². The van der Waals surface area contributed by atoms with Crippen molar-refractivity contribution < 1.29 is 0 Å². The first-order valence-corrected chi connectivity index (χ1v) is 5.20. The second kappa shape index (κ2) is 3.34. The summed E-state index contributed by atoms with van der Waals surface area (Å²) in [5, 5.41) is 0. The fourth-order valence-electron chi connectivity index (χ4n) is 0.724. The normalized spacial score (nSPS) is 9.11. The molecule has 45 valence electrons. The van der Waals surface area contributed by atoms with E-state index in [9.17, 15) is 0 Å². The molecule has 0 bridgehead atoms. The van der Waals surface area contributed by atoms with Crippen molar-refractivity contribution in [2.45, 2.75) is 13.6 Å². The average molecular weight is 182 g/mol. The molecule has 0 fully saturated rings. The van der Waals surface area contributed by atoms with Crippen LogP contribution in [0, 0.1) is 6.07 Å². The van der Waals surface area contributed by atoms with Gasteiger partial charge in [0.15, 0.2) is 0 Å². The number of hydrogen-bond acceptors (Lipinski definition) is 0. The molecule has 1 radical (unpaired) electrons. The van der Waals surface area contributed by atoms with Gasteiger partial charge in [0.25, 0.3) is 0 Å². The Bertz CT molecular complexity index is 164. The molecule has 3 heteroatoms. The zero-order valence-electron chi connectivity index (χ0n) is 5.90. The number of rotatable bonds is 2. The van der Waals surface area contributed by atoms with Crippen molar-refractivity contribution in [1.82, 2.24) is 0 Å². The van der Waals surface area contributed by atoms with Gasteiger partial charge < -0.3 is 0 Å². The molecule has 1 aromatic heterocycles. The van der Waals surface area contributed by atoms with Gasteiger partial charge in [0.05, 0.1) is 0 Å². The first-order chi connectivity index (χ1) is 4.36. The summed E-state index contributed by atoms with van der Waals surface area (Å²) in [6.45, 7) is 4.39. The first kappa shape index (κ1) is 7.24. The van der Waals surface area contributed by atoms with Gasteiger partial charge in [0.1, 0.15) is 0 Å². The molecule has 0 aliphatic carbocycles. The molecule has 1 aromatic rings. The quantitative estimate of drug-likeness (QED) is 0.501. The van der Waals surface area contributed by atoms with Crippen LogP contribution in [0.1, 0.15) is 0 Å². The topological polar surface area (TPSA) is 0 Å². The third-order valence-electron chi connectivity index (χ3n) is 1.35. The Morgan fingerprint density at radius 3 is 2.56 bits per heavy atom. The first-order valence-electron chi connectivity index (χ1n) is 3.35. The Kier molecular flexibility index (Phi) is 2.68. The second-order valence-corrected chi connectivity index (χ2v) is 4.04. The van der Waals surface area contributed by atoms with Crippen LogP contribution in [0.2, 0.25) is 13.6 Å². The average Bonchev–Trinajstić information content (AvgIpc) is 2.34. The molecule has 0 aliphatic heterocycles. The monoisotopic (exact) mass is 183 g/mol. The molecule has 1 rings (SSSR count). The van der Waals surface area contributed by atoms with Crippen LogP contribution >= 0.6 is 0 Å². The molecule has 0 unspecified atom stereocenters. The van der Waals surface area contributed by atoms with E-state index in [4.69, 9.17) is 0 Å². The summed E-state index contributed by atoms with van der Waals surface area (Å²) in [5.41, 5.74) is 1.42. The molecule has 0 amide bonds. The predicted octanol–water partition coefficient (Wildman–Crippen LogP) is -1.24. The van der Waals surface area contributed by atoms with E-state index in [1.54, 1.807) is 0 Å². The van der Waals surface area contributed by atoms with E-state index in [1.807, 2.05) is 0 Å². The minimum atomic E-state index is 0.653. The second-order valence-electron chi connectivity index (χ2n) is 2.02. The van der Waals surface area contributed by atoms with Crippen LogP contribution in [0.25, 0.3) is 0 Å². The van der Waals surface area contributed by atoms with E-state index in [0.717, 1.165) is 7.28 Å². The molecule has 0 atom stereocenters. The van der Waals surface area contributed by atoms with Crippen molar-refractivity contribution in [1.29, 1.82) is 0 Å². The summed E-state index contributed by atoms with van der Waals surface area (Å²) in [6, 6.07) is 3.40. The Labute approximate surface area is 63.9 Å². The van der Waals surface area contributed by atoms with Crippen molar-refractivity contribution in [3.05, 3.63) is 11.0 Å². The van der Waals surface area contributed by atoms with Gasteiger partial charge in [-0.3, -0.25) is 0 Å². The molecule has 0 saturated carbocycles. The fraction of sp³-hybridized carbons (Fsp3) is 0.333. The maximum absolute atomic E-state index is 3.40. The summed E-state index contributed by atoms with van der Waals surface area (Å²) in [7, 11) is 2.35. The Balaban J connectivity index is 2.74. The van der Waals surface area contributed by atoms with E-state index in [0.29, 0.717) is 14.5 Å². The van der Waals surface area contributed by atoms with Gasteiger partial charge in [-0.25, -0.2) is 0 Å². The predicted molar refractivity (Wildman–Crippen MR) is 47.5 cm³/mol. The van der Waals surface area contributed by atoms with Crippen molar-refractivity contribution in [3.63, 3.8) is 0 Å². The summed E-state index contributed by atoms with van der Waals surface area (Å²) in [6.07, 6.45) is 0. The third-order valence-corrected chi connectivity index (χ3v) is 3.61. The van der Waals surface area contributed by atoms with Crippen LogP contribution in [0.5, 0.6) is 0 Å². The van der Waals surface area contributed by atoms with Crippen LogP contribution in [0.3, 0.4) is 0 Å². The SMILES string of the molecule is CBc1[c]c(BC)[se]c1. The van der Waals surface area contributed by atoms with Gasteiger partial charge in [-0.15, -0.1) is 0 Å². The molecular formula is C6H9B2Se. The van der Waals surface area contributed by atoms with E-state index in [2.05, 4.69) is 24.7 Å². The molecule has 0 nitrogen and oxygen atoms in total. The molecule has 9 heavy (non-hydrogen) atoms. The molecular weight excluding hydrogens is 173 g/mol. The maximum atomic E-state index is 3.40. The summed E-state index contributed by atoms with van der Waals surface area (Å²) >= 11 is 0.653. The zero-order valence-corrected chi connectivity index (χ0v) is 7.61. The van der Waals surface area contributed by atoms with Crippen molar-refractivity contribution in [3.8, 4) is 0 Å².